The molecule has 0 unspecified atom stereocenters. The van der Waals surface area contributed by atoms with Gasteiger partial charge in [0.05, 0.1) is 29.4 Å². The molecule has 0 saturated heterocycles. The fourth-order valence-electron chi connectivity index (χ4n) is 2.60. The summed E-state index contributed by atoms with van der Waals surface area (Å²) in [6.45, 7) is 5.18. The van der Waals surface area contributed by atoms with Gasteiger partial charge in [-0.15, -0.1) is 0 Å². The zero-order valence-electron chi connectivity index (χ0n) is 18.1. The highest BCUT2D eigenvalue weighted by Gasteiger charge is 1.98. The van der Waals surface area contributed by atoms with Crippen molar-refractivity contribution in [3.05, 3.63) is 72.8 Å². The van der Waals surface area contributed by atoms with E-state index in [4.69, 9.17) is 9.47 Å². The van der Waals surface area contributed by atoms with Crippen molar-refractivity contribution in [3.63, 3.8) is 0 Å². The van der Waals surface area contributed by atoms with Gasteiger partial charge < -0.3 is 14.8 Å². The van der Waals surface area contributed by atoms with E-state index in [9.17, 15) is 4.79 Å². The van der Waals surface area contributed by atoms with Crippen molar-refractivity contribution in [1.29, 1.82) is 0 Å². The number of carbonyl (C=O) groups is 1. The number of carbonyl (C=O) groups excluding carboxylic acids is 1. The molecular weight excluding hydrogens is 406 g/mol. The van der Waals surface area contributed by atoms with Gasteiger partial charge in [-0.3, -0.25) is 4.79 Å². The molecule has 0 heterocycles. The van der Waals surface area contributed by atoms with Gasteiger partial charge in [-0.1, -0.05) is 0 Å². The van der Waals surface area contributed by atoms with Crippen LogP contribution in [0.4, 0.5) is 28.4 Å². The SMILES string of the molecule is CCOCCOc1ccc(N=Nc2ccc(N=Nc3ccc(NC(C)=O)cc3)cc2)cc1. The molecule has 0 aliphatic heterocycles. The minimum absolute atomic E-state index is 0.115. The molecule has 0 aromatic heterocycles. The summed E-state index contributed by atoms with van der Waals surface area (Å²) in [6.07, 6.45) is 0. The van der Waals surface area contributed by atoms with Crippen molar-refractivity contribution in [2.75, 3.05) is 25.1 Å². The molecule has 1 amide bonds. The second kappa shape index (κ2) is 12.1. The summed E-state index contributed by atoms with van der Waals surface area (Å²) in [4.78, 5) is 11.1. The van der Waals surface area contributed by atoms with E-state index in [2.05, 4.69) is 25.8 Å². The topological polar surface area (TPSA) is 97.0 Å². The molecule has 164 valence electrons. The van der Waals surface area contributed by atoms with Crippen LogP contribution in [-0.4, -0.2) is 25.7 Å². The molecule has 1 N–H and O–H groups in total. The van der Waals surface area contributed by atoms with E-state index in [0.29, 0.717) is 36.9 Å². The Morgan fingerprint density at radius 2 is 1.16 bits per heavy atom. The maximum absolute atomic E-state index is 11.1. The van der Waals surface area contributed by atoms with Crippen molar-refractivity contribution < 1.29 is 14.3 Å². The summed E-state index contributed by atoms with van der Waals surface area (Å²) in [5.74, 6) is 0.652. The summed E-state index contributed by atoms with van der Waals surface area (Å²) in [5.41, 5.74) is 3.54. The lowest BCUT2D eigenvalue weighted by molar-refractivity contribution is -0.114. The summed E-state index contributed by atoms with van der Waals surface area (Å²) >= 11 is 0. The Kier molecular flexibility index (Phi) is 8.59. The quantitative estimate of drug-likeness (QED) is 0.279. The number of rotatable bonds is 10. The van der Waals surface area contributed by atoms with Gasteiger partial charge in [0, 0.05) is 19.2 Å². The highest BCUT2D eigenvalue weighted by Crippen LogP contribution is 2.25. The summed E-state index contributed by atoms with van der Waals surface area (Å²) in [6, 6.07) is 21.8. The molecule has 0 spiro atoms. The third-order valence-corrected chi connectivity index (χ3v) is 4.14. The van der Waals surface area contributed by atoms with E-state index in [-0.39, 0.29) is 5.91 Å². The van der Waals surface area contributed by atoms with Gasteiger partial charge in [-0.25, -0.2) is 0 Å². The van der Waals surface area contributed by atoms with Gasteiger partial charge in [0.2, 0.25) is 5.91 Å². The Bertz CT molecular complexity index is 1050. The van der Waals surface area contributed by atoms with Crippen LogP contribution in [-0.2, 0) is 9.53 Å². The van der Waals surface area contributed by atoms with Crippen LogP contribution in [0.1, 0.15) is 13.8 Å². The number of amides is 1. The molecule has 0 saturated carbocycles. The van der Waals surface area contributed by atoms with Gasteiger partial charge in [0.15, 0.2) is 0 Å². The average Bonchev–Trinajstić information content (AvgIpc) is 2.81. The van der Waals surface area contributed by atoms with Crippen LogP contribution in [0, 0.1) is 0 Å². The molecule has 0 fully saturated rings. The molecule has 8 heteroatoms. The number of ether oxygens (including phenoxy) is 2. The minimum Gasteiger partial charge on any atom is -0.491 e. The smallest absolute Gasteiger partial charge is 0.221 e. The van der Waals surface area contributed by atoms with Gasteiger partial charge in [0.1, 0.15) is 12.4 Å². The summed E-state index contributed by atoms with van der Waals surface area (Å²) in [7, 11) is 0. The molecule has 0 aliphatic carbocycles. The first kappa shape index (κ1) is 22.8. The number of anilines is 1. The van der Waals surface area contributed by atoms with E-state index in [1.54, 1.807) is 24.3 Å². The van der Waals surface area contributed by atoms with E-state index in [0.717, 1.165) is 17.1 Å². The Hall–Kier alpha value is -3.91. The van der Waals surface area contributed by atoms with Crippen LogP contribution >= 0.6 is 0 Å². The zero-order valence-corrected chi connectivity index (χ0v) is 18.1. The molecule has 0 bridgehead atoms. The van der Waals surface area contributed by atoms with Crippen molar-refractivity contribution in [1.82, 2.24) is 0 Å². The van der Waals surface area contributed by atoms with Gasteiger partial charge in [-0.05, 0) is 79.7 Å². The highest BCUT2D eigenvalue weighted by atomic mass is 16.5. The lowest BCUT2D eigenvalue weighted by atomic mass is 10.3. The third kappa shape index (κ3) is 7.73. The summed E-state index contributed by atoms with van der Waals surface area (Å²) in [5, 5.41) is 19.6. The van der Waals surface area contributed by atoms with Crippen LogP contribution in [0.5, 0.6) is 5.75 Å². The predicted octanol–water partition coefficient (Wildman–Crippen LogP) is 6.89. The molecule has 0 atom stereocenters. The van der Waals surface area contributed by atoms with Crippen molar-refractivity contribution >= 4 is 34.3 Å². The number of hydrogen-bond donors (Lipinski definition) is 1. The van der Waals surface area contributed by atoms with Crippen LogP contribution in [0.25, 0.3) is 0 Å². The maximum atomic E-state index is 11.1. The Balaban J connectivity index is 1.52. The maximum Gasteiger partial charge on any atom is 0.221 e. The first-order valence-corrected chi connectivity index (χ1v) is 10.2. The second-order valence-corrected chi connectivity index (χ2v) is 6.68. The lowest BCUT2D eigenvalue weighted by Crippen LogP contribution is -2.05. The first-order chi connectivity index (χ1) is 15.6. The monoisotopic (exact) mass is 431 g/mol. The van der Waals surface area contributed by atoms with E-state index < -0.39 is 0 Å². The average molecular weight is 431 g/mol. The molecular formula is C24H25N5O3. The van der Waals surface area contributed by atoms with Crippen molar-refractivity contribution in [2.45, 2.75) is 13.8 Å². The lowest BCUT2D eigenvalue weighted by Gasteiger charge is -2.05. The number of nitrogens with one attached hydrogen (secondary N) is 1. The minimum atomic E-state index is -0.115. The first-order valence-electron chi connectivity index (χ1n) is 10.2. The number of hydrogen-bond acceptors (Lipinski definition) is 7. The van der Waals surface area contributed by atoms with E-state index >= 15 is 0 Å². The molecule has 32 heavy (non-hydrogen) atoms. The largest absolute Gasteiger partial charge is 0.491 e. The van der Waals surface area contributed by atoms with Crippen molar-refractivity contribution in [2.24, 2.45) is 20.5 Å². The molecule has 3 aromatic carbocycles. The Labute approximate surface area is 187 Å². The second-order valence-electron chi connectivity index (χ2n) is 6.68. The predicted molar refractivity (Wildman–Crippen MR) is 124 cm³/mol. The standard InChI is InChI=1S/C24H25N5O3/c1-3-31-16-17-32-24-14-12-23(13-15-24)29-28-22-10-8-21(9-11-22)27-26-20-6-4-19(5-7-20)25-18(2)30/h4-15H,3,16-17H2,1-2H3,(H,25,30). The normalized spacial score (nSPS) is 11.2. The van der Waals surface area contributed by atoms with Crippen molar-refractivity contribution in [3.8, 4) is 5.75 Å². The fourth-order valence-corrected chi connectivity index (χ4v) is 2.60. The molecule has 0 radical (unpaired) electrons. The summed E-state index contributed by atoms with van der Waals surface area (Å²) < 4.78 is 10.8. The number of nitrogens with zero attached hydrogens (tertiary/aromatic N) is 4. The Morgan fingerprint density at radius 3 is 1.59 bits per heavy atom. The Morgan fingerprint density at radius 1 is 0.719 bits per heavy atom. The highest BCUT2D eigenvalue weighted by molar-refractivity contribution is 5.88. The number of azo groups is 2. The van der Waals surface area contributed by atoms with Gasteiger partial charge in [0.25, 0.3) is 0 Å². The van der Waals surface area contributed by atoms with Gasteiger partial charge >= 0.3 is 0 Å². The molecule has 8 nitrogen and oxygen atoms in total. The van der Waals surface area contributed by atoms with Crippen LogP contribution in [0.2, 0.25) is 0 Å². The third-order valence-electron chi connectivity index (χ3n) is 4.14. The van der Waals surface area contributed by atoms with Crippen LogP contribution in [0.15, 0.2) is 93.3 Å². The molecule has 0 aliphatic rings. The molecule has 3 rings (SSSR count). The molecule has 3 aromatic rings. The number of benzene rings is 3. The zero-order chi connectivity index (χ0) is 22.6. The van der Waals surface area contributed by atoms with Gasteiger partial charge in [-0.2, -0.15) is 20.5 Å². The van der Waals surface area contributed by atoms with Crippen LogP contribution in [0.3, 0.4) is 0 Å². The van der Waals surface area contributed by atoms with Crippen LogP contribution < -0.4 is 10.1 Å². The fraction of sp³-hybridized carbons (Fsp3) is 0.208. The van der Waals surface area contributed by atoms with E-state index in [1.807, 2.05) is 55.5 Å². The van der Waals surface area contributed by atoms with E-state index in [1.165, 1.54) is 6.92 Å².